The Morgan fingerprint density at radius 1 is 1.32 bits per heavy atom. The molecule has 0 radical (unpaired) electrons. The third-order valence-electron chi connectivity index (χ3n) is 8.30. The van der Waals surface area contributed by atoms with Gasteiger partial charge in [-0.3, -0.25) is 4.79 Å². The molecule has 2 aliphatic carbocycles. The summed E-state index contributed by atoms with van der Waals surface area (Å²) in [5.74, 6) is 0.412. The molecule has 4 nitrogen and oxygen atoms in total. The fourth-order valence-electron chi connectivity index (χ4n) is 6.23. The maximum absolute atomic E-state index is 11.9. The largest absolute Gasteiger partial charge is 0.458 e. The number of cyclic esters (lactones) is 1. The van der Waals surface area contributed by atoms with Crippen molar-refractivity contribution >= 4 is 11.9 Å². The minimum absolute atomic E-state index is 0.0639. The Hall–Kier alpha value is -1.84. The molecule has 172 valence electrons. The molecule has 1 fully saturated rings. The molecular weight excluding hydrogens is 388 g/mol. The van der Waals surface area contributed by atoms with Crippen molar-refractivity contribution in [1.29, 1.82) is 0 Å². The summed E-state index contributed by atoms with van der Waals surface area (Å²) in [4.78, 5) is 23.6. The molecule has 0 amide bonds. The molecule has 0 spiro atoms. The zero-order valence-electron chi connectivity index (χ0n) is 20.1. The Bertz CT molecular complexity index is 791. The minimum atomic E-state index is -0.410. The van der Waals surface area contributed by atoms with Crippen LogP contribution in [0.15, 0.2) is 35.5 Å². The second-order valence-corrected chi connectivity index (χ2v) is 10.7. The molecule has 4 heteroatoms. The van der Waals surface area contributed by atoms with Gasteiger partial charge in [0.25, 0.3) is 0 Å². The molecule has 0 saturated heterocycles. The molecule has 3 rings (SSSR count). The van der Waals surface area contributed by atoms with Crippen LogP contribution in [0.1, 0.15) is 86.0 Å². The predicted molar refractivity (Wildman–Crippen MR) is 123 cm³/mol. The van der Waals surface area contributed by atoms with Crippen LogP contribution < -0.4 is 0 Å². The summed E-state index contributed by atoms with van der Waals surface area (Å²) >= 11 is 0. The van der Waals surface area contributed by atoms with E-state index in [0.29, 0.717) is 23.7 Å². The topological polar surface area (TPSA) is 52.6 Å². The molecule has 0 bridgehead atoms. The van der Waals surface area contributed by atoms with Gasteiger partial charge in [-0.05, 0) is 81.0 Å². The first-order chi connectivity index (χ1) is 14.5. The van der Waals surface area contributed by atoms with E-state index < -0.39 is 6.10 Å². The molecule has 0 unspecified atom stereocenters. The molecule has 5 atom stereocenters. The van der Waals surface area contributed by atoms with E-state index in [9.17, 15) is 9.59 Å². The van der Waals surface area contributed by atoms with E-state index in [2.05, 4.69) is 40.3 Å². The zero-order chi connectivity index (χ0) is 22.8. The van der Waals surface area contributed by atoms with Gasteiger partial charge in [0.1, 0.15) is 12.7 Å². The van der Waals surface area contributed by atoms with Crippen LogP contribution in [-0.2, 0) is 19.1 Å². The van der Waals surface area contributed by atoms with Crippen LogP contribution in [0.3, 0.4) is 0 Å². The van der Waals surface area contributed by atoms with Crippen molar-refractivity contribution in [3.8, 4) is 0 Å². The van der Waals surface area contributed by atoms with Crippen LogP contribution in [0, 0.1) is 22.7 Å². The third kappa shape index (κ3) is 5.15. The van der Waals surface area contributed by atoms with E-state index in [4.69, 9.17) is 9.47 Å². The van der Waals surface area contributed by atoms with E-state index in [1.54, 1.807) is 5.57 Å². The molecule has 0 aromatic heterocycles. The van der Waals surface area contributed by atoms with Crippen molar-refractivity contribution < 1.29 is 19.1 Å². The number of carbonyl (C=O) groups excluding carboxylic acids is 2. The first-order valence-corrected chi connectivity index (χ1v) is 11.9. The lowest BCUT2D eigenvalue weighted by Gasteiger charge is -2.54. The molecule has 0 N–H and O–H groups in total. The first-order valence-electron chi connectivity index (χ1n) is 11.9. The van der Waals surface area contributed by atoms with Gasteiger partial charge in [0, 0.05) is 18.6 Å². The number of ether oxygens (including phenoxy) is 2. The van der Waals surface area contributed by atoms with Crippen LogP contribution >= 0.6 is 0 Å². The van der Waals surface area contributed by atoms with Crippen LogP contribution in [0.5, 0.6) is 0 Å². The van der Waals surface area contributed by atoms with E-state index in [1.165, 1.54) is 50.7 Å². The maximum atomic E-state index is 11.9. The molecule has 0 aromatic rings. The van der Waals surface area contributed by atoms with Crippen molar-refractivity contribution in [3.63, 3.8) is 0 Å². The van der Waals surface area contributed by atoms with Crippen molar-refractivity contribution in [2.75, 3.05) is 6.61 Å². The summed E-state index contributed by atoms with van der Waals surface area (Å²) in [6.45, 7) is 15.0. The number of allylic oxidation sites excluding steroid dienone is 3. The fraction of sp³-hybridized carbons (Fsp3) is 0.704. The molecular formula is C27H40O4. The molecule has 1 aliphatic heterocycles. The van der Waals surface area contributed by atoms with Crippen molar-refractivity contribution in [2.24, 2.45) is 22.7 Å². The Morgan fingerprint density at radius 2 is 2.06 bits per heavy atom. The Labute approximate surface area is 188 Å². The maximum Gasteiger partial charge on any atom is 0.331 e. The van der Waals surface area contributed by atoms with Gasteiger partial charge < -0.3 is 9.47 Å². The monoisotopic (exact) mass is 428 g/mol. The number of hydrogen-bond acceptors (Lipinski definition) is 4. The summed E-state index contributed by atoms with van der Waals surface area (Å²) in [6.07, 6.45) is 12.6. The summed E-state index contributed by atoms with van der Waals surface area (Å²) in [5, 5.41) is 0. The van der Waals surface area contributed by atoms with Gasteiger partial charge >= 0.3 is 11.9 Å². The lowest BCUT2D eigenvalue weighted by molar-refractivity contribution is -0.146. The van der Waals surface area contributed by atoms with Gasteiger partial charge in [-0.25, -0.2) is 4.79 Å². The standard InChI is InChI=1S/C27H40O4/c1-18(2)9-7-13-26(5)14-8-10-23-22(26)12-11-19(3)27(23,6)16-24(31-20(4)28)21-15-25(29)30-17-21/h10,15,19,22,24H,1,7-9,11-14,16-17H2,2-6H3/t19-,22+,24+,26+,27+/m1/s1. The number of fused-ring (bicyclic) bond motifs is 1. The van der Waals surface area contributed by atoms with Crippen LogP contribution in [-0.4, -0.2) is 24.6 Å². The Kier molecular flexibility index (Phi) is 7.18. The second-order valence-electron chi connectivity index (χ2n) is 10.7. The summed E-state index contributed by atoms with van der Waals surface area (Å²) in [5.41, 5.74) is 3.85. The first kappa shape index (κ1) is 23.8. The summed E-state index contributed by atoms with van der Waals surface area (Å²) < 4.78 is 10.9. The second kappa shape index (κ2) is 9.34. The van der Waals surface area contributed by atoms with Gasteiger partial charge in [0.2, 0.25) is 0 Å². The number of carbonyl (C=O) groups is 2. The lowest BCUT2D eigenvalue weighted by atomic mass is 9.50. The third-order valence-corrected chi connectivity index (χ3v) is 8.30. The number of rotatable bonds is 8. The van der Waals surface area contributed by atoms with Crippen LogP contribution in [0.25, 0.3) is 0 Å². The predicted octanol–water partition coefficient (Wildman–Crippen LogP) is 6.32. The van der Waals surface area contributed by atoms with Gasteiger partial charge in [-0.1, -0.05) is 38.0 Å². The van der Waals surface area contributed by atoms with E-state index in [1.807, 2.05) is 0 Å². The van der Waals surface area contributed by atoms with Crippen molar-refractivity contribution in [2.45, 2.75) is 92.1 Å². The highest BCUT2D eigenvalue weighted by atomic mass is 16.6. The average molecular weight is 429 g/mol. The highest BCUT2D eigenvalue weighted by molar-refractivity contribution is 5.85. The molecule has 0 aromatic carbocycles. The number of esters is 2. The van der Waals surface area contributed by atoms with Gasteiger partial charge in [0.15, 0.2) is 0 Å². The van der Waals surface area contributed by atoms with Crippen LogP contribution in [0.2, 0.25) is 0 Å². The normalized spacial score (nSPS) is 33.6. The summed E-state index contributed by atoms with van der Waals surface area (Å²) in [7, 11) is 0. The molecule has 31 heavy (non-hydrogen) atoms. The quantitative estimate of drug-likeness (QED) is 0.335. The highest BCUT2D eigenvalue weighted by Crippen LogP contribution is 2.59. The SMILES string of the molecule is C=C(C)CCC[C@@]1(C)CCC=C2[C@@H]1CC[C@@H](C)[C@]2(C)C[C@H](OC(C)=O)C1=CC(=O)OC1. The molecule has 1 saturated carbocycles. The smallest absolute Gasteiger partial charge is 0.331 e. The highest BCUT2D eigenvalue weighted by Gasteiger charge is 2.50. The van der Waals surface area contributed by atoms with Crippen LogP contribution in [0.4, 0.5) is 0 Å². The molecule has 1 heterocycles. The fourth-order valence-corrected chi connectivity index (χ4v) is 6.23. The Morgan fingerprint density at radius 3 is 2.68 bits per heavy atom. The van der Waals surface area contributed by atoms with E-state index >= 15 is 0 Å². The van der Waals surface area contributed by atoms with E-state index in [0.717, 1.165) is 18.4 Å². The van der Waals surface area contributed by atoms with Crippen molar-refractivity contribution in [1.82, 2.24) is 0 Å². The average Bonchev–Trinajstić information content (AvgIpc) is 3.11. The molecule has 3 aliphatic rings. The van der Waals surface area contributed by atoms with E-state index in [-0.39, 0.29) is 24.0 Å². The summed E-state index contributed by atoms with van der Waals surface area (Å²) in [6, 6.07) is 0. The van der Waals surface area contributed by atoms with Gasteiger partial charge in [-0.2, -0.15) is 0 Å². The minimum Gasteiger partial charge on any atom is -0.458 e. The Balaban J connectivity index is 1.86. The van der Waals surface area contributed by atoms with Crippen molar-refractivity contribution in [3.05, 3.63) is 35.5 Å². The zero-order valence-corrected chi connectivity index (χ0v) is 20.1. The van der Waals surface area contributed by atoms with Gasteiger partial charge in [-0.15, -0.1) is 6.58 Å². The lowest BCUT2D eigenvalue weighted by Crippen LogP contribution is -2.46. The van der Waals surface area contributed by atoms with Gasteiger partial charge in [0.05, 0.1) is 0 Å². The number of hydrogen-bond donors (Lipinski definition) is 0.